The molecule has 0 aromatic heterocycles. The van der Waals surface area contributed by atoms with Crippen molar-refractivity contribution in [3.8, 4) is 0 Å². The smallest absolute Gasteiger partial charge is 0.242 e. The van der Waals surface area contributed by atoms with Crippen LogP contribution in [-0.4, -0.2) is 34.6 Å². The van der Waals surface area contributed by atoms with E-state index >= 15 is 0 Å². The Hall–Kier alpha value is -1.98. The number of hydrogen-bond acceptors (Lipinski definition) is 3. The molecule has 1 N–H and O–H groups in total. The Morgan fingerprint density at radius 1 is 1.10 bits per heavy atom. The third-order valence-electron chi connectivity index (χ3n) is 5.68. The molecule has 3 rings (SSSR count). The second-order valence-corrected chi connectivity index (χ2v) is 9.68. The molecule has 0 aliphatic heterocycles. The van der Waals surface area contributed by atoms with Crippen molar-refractivity contribution in [2.24, 2.45) is 0 Å². The van der Waals surface area contributed by atoms with Crippen molar-refractivity contribution in [1.82, 2.24) is 10.2 Å². The van der Waals surface area contributed by atoms with Gasteiger partial charge in [-0.25, -0.2) is 0 Å². The lowest BCUT2D eigenvalue weighted by Crippen LogP contribution is -2.49. The highest BCUT2D eigenvalue weighted by atomic mass is 35.5. The molecule has 31 heavy (non-hydrogen) atoms. The first kappa shape index (κ1) is 23.7. The van der Waals surface area contributed by atoms with Gasteiger partial charge in [-0.15, -0.1) is 11.8 Å². The van der Waals surface area contributed by atoms with E-state index in [-0.39, 0.29) is 17.9 Å². The zero-order valence-electron chi connectivity index (χ0n) is 18.1. The molecule has 0 unspecified atom stereocenters. The standard InChI is InChI=1S/C25H31ClN2O2S/c1-19(25(30)27-22-10-5-6-11-22)28(18-20-8-3-2-4-9-20)24(29)12-7-17-31-23-15-13-21(26)14-16-23/h2-4,8-9,13-16,19,22H,5-7,10-12,17-18H2,1H3,(H,27,30)/t19-/m1/s1. The minimum atomic E-state index is -0.489. The molecular weight excluding hydrogens is 428 g/mol. The fourth-order valence-electron chi connectivity index (χ4n) is 3.84. The van der Waals surface area contributed by atoms with Crippen molar-refractivity contribution in [3.05, 3.63) is 65.2 Å². The summed E-state index contributed by atoms with van der Waals surface area (Å²) in [6.45, 7) is 2.29. The number of rotatable bonds is 10. The van der Waals surface area contributed by atoms with Gasteiger partial charge in [0.05, 0.1) is 0 Å². The lowest BCUT2D eigenvalue weighted by atomic mass is 10.1. The van der Waals surface area contributed by atoms with Crippen LogP contribution in [0.4, 0.5) is 0 Å². The lowest BCUT2D eigenvalue weighted by Gasteiger charge is -2.30. The highest BCUT2D eigenvalue weighted by Crippen LogP contribution is 2.22. The van der Waals surface area contributed by atoms with Crippen LogP contribution in [-0.2, 0) is 16.1 Å². The summed E-state index contributed by atoms with van der Waals surface area (Å²) in [6.07, 6.45) is 5.58. The van der Waals surface area contributed by atoms with Gasteiger partial charge in [0, 0.05) is 28.9 Å². The average Bonchev–Trinajstić information content (AvgIpc) is 3.29. The summed E-state index contributed by atoms with van der Waals surface area (Å²) in [5.41, 5.74) is 1.03. The topological polar surface area (TPSA) is 49.4 Å². The van der Waals surface area contributed by atoms with Crippen LogP contribution < -0.4 is 5.32 Å². The minimum absolute atomic E-state index is 0.0228. The summed E-state index contributed by atoms with van der Waals surface area (Å²) in [7, 11) is 0. The van der Waals surface area contributed by atoms with E-state index in [0.717, 1.165) is 53.3 Å². The number of carbonyl (C=O) groups is 2. The SMILES string of the molecule is C[C@H](C(=O)NC1CCCC1)N(Cc1ccccc1)C(=O)CCCSc1ccc(Cl)cc1. The van der Waals surface area contributed by atoms with Gasteiger partial charge in [0.1, 0.15) is 6.04 Å². The van der Waals surface area contributed by atoms with Gasteiger partial charge in [-0.2, -0.15) is 0 Å². The van der Waals surface area contributed by atoms with Gasteiger partial charge in [0.2, 0.25) is 11.8 Å². The number of nitrogens with one attached hydrogen (secondary N) is 1. The predicted octanol–water partition coefficient (Wildman–Crippen LogP) is 5.69. The van der Waals surface area contributed by atoms with E-state index in [4.69, 9.17) is 11.6 Å². The molecule has 2 amide bonds. The molecule has 0 saturated heterocycles. The molecule has 6 heteroatoms. The molecule has 0 spiro atoms. The quantitative estimate of drug-likeness (QED) is 0.367. The second-order valence-electron chi connectivity index (χ2n) is 8.08. The van der Waals surface area contributed by atoms with E-state index in [1.165, 1.54) is 0 Å². The van der Waals surface area contributed by atoms with Crippen molar-refractivity contribution < 1.29 is 9.59 Å². The number of amides is 2. The third-order valence-corrected chi connectivity index (χ3v) is 7.03. The van der Waals surface area contributed by atoms with Crippen molar-refractivity contribution in [2.45, 2.75) is 69.0 Å². The van der Waals surface area contributed by atoms with Crippen LogP contribution in [0, 0.1) is 0 Å². The number of halogens is 1. The molecule has 0 heterocycles. The van der Waals surface area contributed by atoms with E-state index in [9.17, 15) is 9.59 Å². The number of nitrogens with zero attached hydrogens (tertiary/aromatic N) is 1. The molecule has 2 aromatic rings. The number of benzene rings is 2. The Morgan fingerprint density at radius 3 is 2.45 bits per heavy atom. The van der Waals surface area contributed by atoms with Crippen molar-refractivity contribution in [1.29, 1.82) is 0 Å². The van der Waals surface area contributed by atoms with Crippen LogP contribution in [0.1, 0.15) is 51.0 Å². The van der Waals surface area contributed by atoms with Gasteiger partial charge in [0.25, 0.3) is 0 Å². The Balaban J connectivity index is 1.56. The number of hydrogen-bond donors (Lipinski definition) is 1. The molecule has 1 saturated carbocycles. The molecule has 1 aliphatic rings. The van der Waals surface area contributed by atoms with Crippen molar-refractivity contribution in [3.63, 3.8) is 0 Å². The Kier molecular flexibility index (Phi) is 9.29. The summed E-state index contributed by atoms with van der Waals surface area (Å²) >= 11 is 7.65. The number of thioether (sulfide) groups is 1. The average molecular weight is 459 g/mol. The molecule has 0 bridgehead atoms. The van der Waals surface area contributed by atoms with Crippen LogP contribution in [0.25, 0.3) is 0 Å². The van der Waals surface area contributed by atoms with Gasteiger partial charge in [-0.1, -0.05) is 54.8 Å². The predicted molar refractivity (Wildman–Crippen MR) is 128 cm³/mol. The Labute approximate surface area is 194 Å². The van der Waals surface area contributed by atoms with E-state index in [0.29, 0.717) is 13.0 Å². The Morgan fingerprint density at radius 2 is 1.77 bits per heavy atom. The monoisotopic (exact) mass is 458 g/mol. The summed E-state index contributed by atoms with van der Waals surface area (Å²) < 4.78 is 0. The maximum atomic E-state index is 13.1. The van der Waals surface area contributed by atoms with Crippen LogP contribution in [0.15, 0.2) is 59.5 Å². The first-order valence-electron chi connectivity index (χ1n) is 11.0. The first-order chi connectivity index (χ1) is 15.0. The Bertz CT molecular complexity index is 838. The highest BCUT2D eigenvalue weighted by molar-refractivity contribution is 7.99. The van der Waals surface area contributed by atoms with Crippen LogP contribution >= 0.6 is 23.4 Å². The zero-order valence-corrected chi connectivity index (χ0v) is 19.6. The van der Waals surface area contributed by atoms with Crippen LogP contribution in [0.5, 0.6) is 0 Å². The second kappa shape index (κ2) is 12.2. The van der Waals surface area contributed by atoms with Gasteiger partial charge in [0.15, 0.2) is 0 Å². The molecule has 4 nitrogen and oxygen atoms in total. The molecule has 0 radical (unpaired) electrons. The van der Waals surface area contributed by atoms with Gasteiger partial charge in [-0.05, 0) is 61.8 Å². The first-order valence-corrected chi connectivity index (χ1v) is 12.4. The molecule has 2 aromatic carbocycles. The zero-order chi connectivity index (χ0) is 22.1. The van der Waals surface area contributed by atoms with E-state index < -0.39 is 6.04 Å². The van der Waals surface area contributed by atoms with Gasteiger partial charge < -0.3 is 10.2 Å². The van der Waals surface area contributed by atoms with Crippen LogP contribution in [0.2, 0.25) is 5.02 Å². The molecule has 1 aliphatic carbocycles. The van der Waals surface area contributed by atoms with Crippen molar-refractivity contribution >= 4 is 35.2 Å². The highest BCUT2D eigenvalue weighted by Gasteiger charge is 2.28. The van der Waals surface area contributed by atoms with Crippen molar-refractivity contribution in [2.75, 3.05) is 5.75 Å². The minimum Gasteiger partial charge on any atom is -0.352 e. The summed E-state index contributed by atoms with van der Waals surface area (Å²) in [4.78, 5) is 28.8. The van der Waals surface area contributed by atoms with Crippen LogP contribution in [0.3, 0.4) is 0 Å². The van der Waals surface area contributed by atoms with E-state index in [1.54, 1.807) is 16.7 Å². The lowest BCUT2D eigenvalue weighted by molar-refractivity contribution is -0.140. The largest absolute Gasteiger partial charge is 0.352 e. The third kappa shape index (κ3) is 7.58. The summed E-state index contributed by atoms with van der Waals surface area (Å²) in [6, 6.07) is 17.4. The fraction of sp³-hybridized carbons (Fsp3) is 0.440. The maximum Gasteiger partial charge on any atom is 0.242 e. The van der Waals surface area contributed by atoms with Gasteiger partial charge in [-0.3, -0.25) is 9.59 Å². The molecule has 1 atom stereocenters. The van der Waals surface area contributed by atoms with E-state index in [1.807, 2.05) is 61.5 Å². The van der Waals surface area contributed by atoms with Gasteiger partial charge >= 0.3 is 0 Å². The molecule has 1 fully saturated rings. The molecular formula is C25H31ClN2O2S. The summed E-state index contributed by atoms with van der Waals surface area (Å²) in [5, 5.41) is 3.87. The normalized spacial score (nSPS) is 14.9. The number of carbonyl (C=O) groups excluding carboxylic acids is 2. The maximum absolute atomic E-state index is 13.1. The molecule has 166 valence electrons. The summed E-state index contributed by atoms with van der Waals surface area (Å²) in [5.74, 6) is 0.816. The fourth-order valence-corrected chi connectivity index (χ4v) is 4.82. The van der Waals surface area contributed by atoms with E-state index in [2.05, 4.69) is 5.32 Å².